The summed E-state index contributed by atoms with van der Waals surface area (Å²) in [6, 6.07) is 11.2. The number of rotatable bonds is 5. The van der Waals surface area contributed by atoms with Gasteiger partial charge in [0.1, 0.15) is 0 Å². The quantitative estimate of drug-likeness (QED) is 0.355. The van der Waals surface area contributed by atoms with Crippen LogP contribution in [0, 0.1) is 25.1 Å². The molecular weight excluding hydrogens is 427 g/mol. The molecule has 0 aliphatic carbocycles. The van der Waals surface area contributed by atoms with E-state index in [2.05, 4.69) is 100 Å². The number of aryl methyl sites for hydroxylation is 3. The molecular formula is C25H32ClCuN2-2. The Hall–Kier alpha value is -1.54. The summed E-state index contributed by atoms with van der Waals surface area (Å²) in [5.41, 5.74) is 9.32. The molecule has 0 atom stereocenters. The van der Waals surface area contributed by atoms with Crippen LogP contribution in [-0.2, 0) is 20.2 Å². The molecule has 2 nitrogen and oxygen atoms in total. The fourth-order valence-electron chi connectivity index (χ4n) is 4.15. The summed E-state index contributed by atoms with van der Waals surface area (Å²) < 4.78 is 5.57. The molecule has 1 heterocycles. The van der Waals surface area contributed by atoms with E-state index in [9.17, 15) is 0 Å². The number of hydrogen-bond acceptors (Lipinski definition) is 0. The van der Waals surface area contributed by atoms with Crippen molar-refractivity contribution in [2.45, 2.75) is 66.8 Å². The van der Waals surface area contributed by atoms with Crippen LogP contribution in [0.5, 0.6) is 0 Å². The normalized spacial score (nSPS) is 13.0. The van der Waals surface area contributed by atoms with E-state index in [1.807, 2.05) is 0 Å². The molecule has 162 valence electrons. The van der Waals surface area contributed by atoms with Crippen LogP contribution in [0.15, 0.2) is 42.7 Å². The first-order chi connectivity index (χ1) is 13.7. The van der Waals surface area contributed by atoms with Crippen LogP contribution < -0.4 is 0 Å². The Bertz CT molecular complexity index is 1040. The number of para-hydroxylation sites is 1. The third-order valence-corrected chi connectivity index (χ3v) is 6.67. The Kier molecular flexibility index (Phi) is 6.94. The van der Waals surface area contributed by atoms with Gasteiger partial charge in [0.25, 0.3) is 0 Å². The van der Waals surface area contributed by atoms with Gasteiger partial charge in [-0.25, -0.2) is 0 Å². The molecule has 1 aromatic heterocycles. The Balaban J connectivity index is 2.19. The molecule has 0 aliphatic heterocycles. The van der Waals surface area contributed by atoms with Gasteiger partial charge in [0.2, 0.25) is 0 Å². The molecule has 3 rings (SSSR count). The van der Waals surface area contributed by atoms with Gasteiger partial charge in [-0.1, -0.05) is 0 Å². The van der Waals surface area contributed by atoms with Crippen LogP contribution >= 0.6 is 10.1 Å². The summed E-state index contributed by atoms with van der Waals surface area (Å²) in [5, 5.41) is 0. The van der Waals surface area contributed by atoms with Crippen molar-refractivity contribution in [2.24, 2.45) is 0 Å². The first-order valence-electron chi connectivity index (χ1n) is 10.2. The van der Waals surface area contributed by atoms with Crippen molar-refractivity contribution < 1.29 is 13.6 Å². The Labute approximate surface area is 185 Å². The van der Waals surface area contributed by atoms with Crippen LogP contribution in [0.1, 0.15) is 72.9 Å². The minimum atomic E-state index is 0.438. The Morgan fingerprint density at radius 2 is 1.45 bits per heavy atom. The SMILES string of the molecule is Cc1cc(C)c(Cn2ccn(-c3c(C(C)C)cccc3C(C)C)[c]2=[Cu-2][Cl])c(C)c1. The molecule has 0 bridgehead atoms. The van der Waals surface area contributed by atoms with Crippen molar-refractivity contribution in [3.63, 3.8) is 0 Å². The summed E-state index contributed by atoms with van der Waals surface area (Å²) in [7, 11) is 6.43. The van der Waals surface area contributed by atoms with Crippen molar-refractivity contribution >= 4 is 10.1 Å². The predicted molar refractivity (Wildman–Crippen MR) is 121 cm³/mol. The fraction of sp³-hybridized carbons (Fsp3) is 0.400. The van der Waals surface area contributed by atoms with Crippen LogP contribution in [0.4, 0.5) is 0 Å². The molecule has 0 N–H and O–H groups in total. The van der Waals surface area contributed by atoms with Crippen LogP contribution in [0.25, 0.3) is 5.69 Å². The van der Waals surface area contributed by atoms with Gasteiger partial charge in [-0.3, -0.25) is 0 Å². The summed E-state index contributed by atoms with van der Waals surface area (Å²) in [4.78, 5) is 0. The summed E-state index contributed by atoms with van der Waals surface area (Å²) >= 11 is 1.40. The third-order valence-electron chi connectivity index (χ3n) is 5.59. The van der Waals surface area contributed by atoms with Crippen molar-refractivity contribution in [1.29, 1.82) is 0 Å². The number of hydrogen-bond donors (Lipinski definition) is 0. The van der Waals surface area contributed by atoms with Gasteiger partial charge in [-0.2, -0.15) is 0 Å². The zero-order valence-electron chi connectivity index (χ0n) is 18.5. The second-order valence-electron chi connectivity index (χ2n) is 8.56. The van der Waals surface area contributed by atoms with Gasteiger partial charge in [0.05, 0.1) is 0 Å². The topological polar surface area (TPSA) is 9.86 Å². The molecule has 0 radical (unpaired) electrons. The molecule has 3 aromatic rings. The van der Waals surface area contributed by atoms with Gasteiger partial charge in [-0.05, 0) is 0 Å². The van der Waals surface area contributed by atoms with Crippen molar-refractivity contribution in [3.8, 4) is 5.69 Å². The van der Waals surface area contributed by atoms with E-state index in [1.165, 1.54) is 52.7 Å². The molecule has 0 saturated heterocycles. The standard InChI is InChI=1S/C25H32N2.ClH.Cu/c1-17(2)22-9-8-10-23(18(3)4)25(22)27-12-11-26(16-27)15-24-20(6)13-19(5)14-21(24)7;;/h8-14,17-18H,15H2,1-7H3;1H;/q;;-1/p-1. The maximum absolute atomic E-state index is 6.43. The number of imidazole rings is 1. The van der Waals surface area contributed by atoms with E-state index in [1.54, 1.807) is 0 Å². The third kappa shape index (κ3) is 4.48. The number of nitrogens with zero attached hydrogens (tertiary/aromatic N) is 2. The van der Waals surface area contributed by atoms with Gasteiger partial charge in [0.15, 0.2) is 0 Å². The predicted octanol–water partition coefficient (Wildman–Crippen LogP) is 7.27. The van der Waals surface area contributed by atoms with E-state index >= 15 is 0 Å². The summed E-state index contributed by atoms with van der Waals surface area (Å²) in [6.45, 7) is 16.4. The maximum atomic E-state index is 6.43. The first-order valence-corrected chi connectivity index (χ1v) is 12.0. The molecule has 29 heavy (non-hydrogen) atoms. The average molecular weight is 460 g/mol. The van der Waals surface area contributed by atoms with Crippen LogP contribution in [0.2, 0.25) is 0 Å². The van der Waals surface area contributed by atoms with Gasteiger partial charge in [-0.15, -0.1) is 0 Å². The summed E-state index contributed by atoms with van der Waals surface area (Å²) in [5.74, 6) is 0.876. The van der Waals surface area contributed by atoms with Crippen molar-refractivity contribution in [1.82, 2.24) is 9.13 Å². The van der Waals surface area contributed by atoms with Crippen molar-refractivity contribution in [2.75, 3.05) is 0 Å². The summed E-state index contributed by atoms with van der Waals surface area (Å²) in [6.07, 6.45) is 4.32. The molecule has 0 spiro atoms. The van der Waals surface area contributed by atoms with Crippen LogP contribution in [0.3, 0.4) is 0 Å². The fourth-order valence-corrected chi connectivity index (χ4v) is 5.15. The van der Waals surface area contributed by atoms with Gasteiger partial charge < -0.3 is 0 Å². The molecule has 0 unspecified atom stereocenters. The Morgan fingerprint density at radius 3 is 1.93 bits per heavy atom. The van der Waals surface area contributed by atoms with Crippen molar-refractivity contribution in [3.05, 3.63) is 80.4 Å². The molecule has 4 heteroatoms. The van der Waals surface area contributed by atoms with Crippen LogP contribution in [-0.4, -0.2) is 9.13 Å². The van der Waals surface area contributed by atoms with E-state index in [-0.39, 0.29) is 0 Å². The monoisotopic (exact) mass is 458 g/mol. The molecule has 0 amide bonds. The van der Waals surface area contributed by atoms with E-state index in [0.717, 1.165) is 10.9 Å². The average Bonchev–Trinajstić information content (AvgIpc) is 3.06. The van der Waals surface area contributed by atoms with Gasteiger partial charge in [0, 0.05) is 0 Å². The first kappa shape index (κ1) is 22.2. The zero-order chi connectivity index (χ0) is 21.3. The van der Waals surface area contributed by atoms with E-state index < -0.39 is 0 Å². The number of halogens is 1. The van der Waals surface area contributed by atoms with E-state index in [4.69, 9.17) is 10.1 Å². The number of benzene rings is 2. The molecule has 2 aromatic carbocycles. The van der Waals surface area contributed by atoms with E-state index in [0.29, 0.717) is 11.8 Å². The molecule has 0 aliphatic rings. The second kappa shape index (κ2) is 9.08. The second-order valence-corrected chi connectivity index (χ2v) is 9.63. The minimum absolute atomic E-state index is 0.438. The molecule has 0 saturated carbocycles. The number of aromatic nitrogens is 2. The van der Waals surface area contributed by atoms with Gasteiger partial charge >= 0.3 is 186 Å². The molecule has 0 fully saturated rings. The Morgan fingerprint density at radius 1 is 0.897 bits per heavy atom. The zero-order valence-corrected chi connectivity index (χ0v) is 20.2.